The van der Waals surface area contributed by atoms with Crippen LogP contribution in [0.5, 0.6) is 0 Å². The standard InChI is InChI=1S/C14H24/c1-4-5-6-10(2)12-7-11-8-14(11)9-13(12,14)3/h10-12H,4-9H2,1-3H3. The van der Waals surface area contributed by atoms with Gasteiger partial charge in [-0.25, -0.2) is 0 Å². The highest BCUT2D eigenvalue weighted by Crippen LogP contribution is 2.91. The maximum absolute atomic E-state index is 2.59. The number of rotatable bonds is 4. The first-order valence-electron chi connectivity index (χ1n) is 6.64. The van der Waals surface area contributed by atoms with Gasteiger partial charge in [-0.05, 0) is 47.8 Å². The molecule has 0 heteroatoms. The molecule has 3 rings (SSSR count). The molecule has 0 bridgehead atoms. The fourth-order valence-electron chi connectivity index (χ4n) is 4.87. The third kappa shape index (κ3) is 0.907. The third-order valence-electron chi connectivity index (χ3n) is 5.98. The van der Waals surface area contributed by atoms with Gasteiger partial charge in [0.2, 0.25) is 0 Å². The van der Waals surface area contributed by atoms with Crippen molar-refractivity contribution in [2.24, 2.45) is 28.6 Å². The SMILES string of the molecule is CCCCC(C)C1CC2CC23CC13C. The molecule has 3 aliphatic carbocycles. The van der Waals surface area contributed by atoms with Gasteiger partial charge < -0.3 is 0 Å². The lowest BCUT2D eigenvalue weighted by Crippen LogP contribution is -2.20. The van der Waals surface area contributed by atoms with Gasteiger partial charge in [0.15, 0.2) is 0 Å². The van der Waals surface area contributed by atoms with Crippen LogP contribution in [0.1, 0.15) is 59.3 Å². The first kappa shape index (κ1) is 9.24. The Bertz CT molecular complexity index is 257. The van der Waals surface area contributed by atoms with E-state index in [1.807, 2.05) is 0 Å². The molecule has 3 aliphatic rings. The highest BCUT2D eigenvalue weighted by atomic mass is 14.9. The molecule has 3 fully saturated rings. The Kier molecular flexibility index (Phi) is 1.70. The van der Waals surface area contributed by atoms with E-state index < -0.39 is 0 Å². The van der Waals surface area contributed by atoms with Crippen molar-refractivity contribution in [2.45, 2.75) is 59.3 Å². The van der Waals surface area contributed by atoms with Crippen LogP contribution in [-0.4, -0.2) is 0 Å². The zero-order chi connectivity index (χ0) is 9.97. The number of unbranched alkanes of at least 4 members (excludes halogenated alkanes) is 1. The molecule has 0 aromatic rings. The van der Waals surface area contributed by atoms with E-state index in [0.717, 1.165) is 22.7 Å². The van der Waals surface area contributed by atoms with Crippen LogP contribution >= 0.6 is 0 Å². The van der Waals surface area contributed by atoms with Gasteiger partial charge in [-0.1, -0.05) is 40.0 Å². The molecule has 0 aliphatic heterocycles. The van der Waals surface area contributed by atoms with Crippen LogP contribution in [0, 0.1) is 28.6 Å². The fourth-order valence-corrected chi connectivity index (χ4v) is 4.87. The molecule has 0 amide bonds. The van der Waals surface area contributed by atoms with Crippen LogP contribution in [0.3, 0.4) is 0 Å². The normalized spacial score (nSPS) is 55.1. The lowest BCUT2D eigenvalue weighted by molar-refractivity contribution is 0.215. The summed E-state index contributed by atoms with van der Waals surface area (Å²) < 4.78 is 0. The zero-order valence-corrected chi connectivity index (χ0v) is 9.97. The largest absolute Gasteiger partial charge is 0.0654 e. The molecule has 1 spiro atoms. The van der Waals surface area contributed by atoms with Crippen LogP contribution in [0.2, 0.25) is 0 Å². The molecule has 80 valence electrons. The first-order chi connectivity index (χ1) is 6.64. The molecule has 0 saturated heterocycles. The minimum Gasteiger partial charge on any atom is -0.0654 e. The molecular formula is C14H24. The summed E-state index contributed by atoms with van der Waals surface area (Å²) in [5.41, 5.74) is 1.73. The molecule has 14 heavy (non-hydrogen) atoms. The Balaban J connectivity index is 1.64. The molecule has 0 aromatic heterocycles. The second kappa shape index (κ2) is 2.57. The lowest BCUT2D eigenvalue weighted by Gasteiger charge is -2.28. The Morgan fingerprint density at radius 1 is 1.43 bits per heavy atom. The summed E-state index contributed by atoms with van der Waals surface area (Å²) in [6.07, 6.45) is 9.08. The van der Waals surface area contributed by atoms with E-state index >= 15 is 0 Å². The van der Waals surface area contributed by atoms with Crippen LogP contribution in [0.4, 0.5) is 0 Å². The van der Waals surface area contributed by atoms with Crippen molar-refractivity contribution >= 4 is 0 Å². The highest BCUT2D eigenvalue weighted by molar-refractivity contribution is 5.32. The molecule has 0 radical (unpaired) electrons. The van der Waals surface area contributed by atoms with Gasteiger partial charge in [0, 0.05) is 0 Å². The maximum Gasteiger partial charge on any atom is -0.0204 e. The topological polar surface area (TPSA) is 0 Å². The Morgan fingerprint density at radius 3 is 2.71 bits per heavy atom. The quantitative estimate of drug-likeness (QED) is 0.624. The molecular weight excluding hydrogens is 168 g/mol. The van der Waals surface area contributed by atoms with E-state index in [9.17, 15) is 0 Å². The van der Waals surface area contributed by atoms with E-state index in [1.54, 1.807) is 19.3 Å². The van der Waals surface area contributed by atoms with Crippen molar-refractivity contribution in [3.8, 4) is 0 Å². The van der Waals surface area contributed by atoms with Crippen LogP contribution in [-0.2, 0) is 0 Å². The summed E-state index contributed by atoms with van der Waals surface area (Å²) in [6.45, 7) is 7.43. The summed E-state index contributed by atoms with van der Waals surface area (Å²) in [5, 5.41) is 0. The number of hydrogen-bond acceptors (Lipinski definition) is 0. The first-order valence-corrected chi connectivity index (χ1v) is 6.64. The van der Waals surface area contributed by atoms with Crippen molar-refractivity contribution in [1.29, 1.82) is 0 Å². The smallest absolute Gasteiger partial charge is 0.0204 e. The van der Waals surface area contributed by atoms with Crippen molar-refractivity contribution in [3.05, 3.63) is 0 Å². The van der Waals surface area contributed by atoms with Gasteiger partial charge >= 0.3 is 0 Å². The average Bonchev–Trinajstić information content (AvgIpc) is 2.98. The Hall–Kier alpha value is 0. The second-order valence-corrected chi connectivity index (χ2v) is 6.61. The lowest BCUT2D eigenvalue weighted by atomic mass is 9.77. The minimum absolute atomic E-state index is 0.810. The van der Waals surface area contributed by atoms with Gasteiger partial charge in [-0.2, -0.15) is 0 Å². The predicted molar refractivity (Wildman–Crippen MR) is 60.1 cm³/mol. The summed E-state index contributed by atoms with van der Waals surface area (Å²) in [6, 6.07) is 0. The van der Waals surface area contributed by atoms with Crippen LogP contribution < -0.4 is 0 Å². The molecule has 0 aromatic carbocycles. The van der Waals surface area contributed by atoms with Gasteiger partial charge in [-0.15, -0.1) is 0 Å². The van der Waals surface area contributed by atoms with Crippen molar-refractivity contribution < 1.29 is 0 Å². The van der Waals surface area contributed by atoms with E-state index in [-0.39, 0.29) is 0 Å². The van der Waals surface area contributed by atoms with Crippen molar-refractivity contribution in [1.82, 2.24) is 0 Å². The van der Waals surface area contributed by atoms with Crippen LogP contribution in [0.25, 0.3) is 0 Å². The number of hydrogen-bond donors (Lipinski definition) is 0. The average molecular weight is 192 g/mol. The zero-order valence-electron chi connectivity index (χ0n) is 9.97. The van der Waals surface area contributed by atoms with E-state index in [4.69, 9.17) is 0 Å². The minimum atomic E-state index is 0.810. The van der Waals surface area contributed by atoms with Gasteiger partial charge in [0.25, 0.3) is 0 Å². The summed E-state index contributed by atoms with van der Waals surface area (Å²) in [5.74, 6) is 3.27. The summed E-state index contributed by atoms with van der Waals surface area (Å²) in [4.78, 5) is 0. The Labute approximate surface area is 88.5 Å². The molecule has 0 nitrogen and oxygen atoms in total. The summed E-state index contributed by atoms with van der Waals surface area (Å²) in [7, 11) is 0. The molecule has 5 atom stereocenters. The van der Waals surface area contributed by atoms with Gasteiger partial charge in [0.05, 0.1) is 0 Å². The third-order valence-corrected chi connectivity index (χ3v) is 5.98. The predicted octanol–water partition coefficient (Wildman–Crippen LogP) is 4.25. The van der Waals surface area contributed by atoms with Gasteiger partial charge in [-0.3, -0.25) is 0 Å². The van der Waals surface area contributed by atoms with Crippen molar-refractivity contribution in [3.63, 3.8) is 0 Å². The fraction of sp³-hybridized carbons (Fsp3) is 1.00. The van der Waals surface area contributed by atoms with E-state index in [0.29, 0.717) is 0 Å². The molecule has 5 unspecified atom stereocenters. The molecule has 0 N–H and O–H groups in total. The highest BCUT2D eigenvalue weighted by Gasteiger charge is 2.83. The molecule has 0 heterocycles. The van der Waals surface area contributed by atoms with E-state index in [1.165, 1.54) is 25.2 Å². The van der Waals surface area contributed by atoms with Gasteiger partial charge in [0.1, 0.15) is 0 Å². The second-order valence-electron chi connectivity index (χ2n) is 6.61. The Morgan fingerprint density at radius 2 is 2.21 bits per heavy atom. The molecule has 3 saturated carbocycles. The van der Waals surface area contributed by atoms with E-state index in [2.05, 4.69) is 20.8 Å². The van der Waals surface area contributed by atoms with Crippen LogP contribution in [0.15, 0.2) is 0 Å². The van der Waals surface area contributed by atoms with Crippen molar-refractivity contribution in [2.75, 3.05) is 0 Å². The maximum atomic E-state index is 2.59. The monoisotopic (exact) mass is 192 g/mol. The summed E-state index contributed by atoms with van der Waals surface area (Å²) >= 11 is 0.